The van der Waals surface area contributed by atoms with E-state index in [9.17, 15) is 0 Å². The molecule has 1 N–H and O–H groups in total. The van der Waals surface area contributed by atoms with Crippen molar-refractivity contribution in [3.63, 3.8) is 0 Å². The summed E-state index contributed by atoms with van der Waals surface area (Å²) in [6, 6.07) is 7.70. The number of nitrogens with one attached hydrogen (secondary N) is 1. The van der Waals surface area contributed by atoms with E-state index in [1.807, 2.05) is 35.1 Å². The Bertz CT molecular complexity index is 837. The van der Waals surface area contributed by atoms with Crippen LogP contribution in [0.15, 0.2) is 40.0 Å². The molecule has 0 saturated heterocycles. The Labute approximate surface area is 142 Å². The van der Waals surface area contributed by atoms with Gasteiger partial charge in [-0.2, -0.15) is 0 Å². The van der Waals surface area contributed by atoms with Gasteiger partial charge in [-0.15, -0.1) is 0 Å². The first-order valence-corrected chi connectivity index (χ1v) is 8.36. The second-order valence-electron chi connectivity index (χ2n) is 5.21. The molecule has 8 heteroatoms. The predicted octanol–water partition coefficient (Wildman–Crippen LogP) is 2.90. The first kappa shape index (κ1) is 15.4. The number of thioether (sulfide) groups is 1. The Balaban J connectivity index is 1.63. The number of imidazole rings is 1. The van der Waals surface area contributed by atoms with Crippen LogP contribution in [0.5, 0.6) is 5.75 Å². The van der Waals surface area contributed by atoms with Gasteiger partial charge in [0.1, 0.15) is 23.6 Å². The second kappa shape index (κ2) is 6.39. The first-order valence-electron chi connectivity index (χ1n) is 7.48. The summed E-state index contributed by atoms with van der Waals surface area (Å²) in [4.78, 5) is 4.59. The number of aromatic nitrogens is 2. The summed E-state index contributed by atoms with van der Waals surface area (Å²) in [6.07, 6.45) is 1.89. The highest BCUT2D eigenvalue weighted by Gasteiger charge is 2.24. The van der Waals surface area contributed by atoms with Crippen LogP contribution in [0, 0.1) is 0 Å². The molecule has 0 bridgehead atoms. The number of hydrogen-bond donors (Lipinski definition) is 1. The Morgan fingerprint density at radius 2 is 2.25 bits per heavy atom. The van der Waals surface area contributed by atoms with E-state index >= 15 is 0 Å². The molecule has 24 heavy (non-hydrogen) atoms. The highest BCUT2D eigenvalue weighted by atomic mass is 32.2. The molecule has 3 aromatic rings. The summed E-state index contributed by atoms with van der Waals surface area (Å²) in [7, 11) is 3.31. The standard InChI is InChI=1S/C16H17N3O4S/c1-20-6-7-22-12-4-3-5-13-10(12)8-14(23-13)11-9-19-15(17-11)24-16(18-19)21-2/h3-5,8-9,16,18H,6-7H2,1-2H3. The molecule has 0 aliphatic carbocycles. The third kappa shape index (κ3) is 2.72. The van der Waals surface area contributed by atoms with E-state index < -0.39 is 0 Å². The molecule has 126 valence electrons. The molecule has 1 unspecified atom stereocenters. The number of methoxy groups -OCH3 is 2. The molecule has 0 fully saturated rings. The molecule has 3 heterocycles. The van der Waals surface area contributed by atoms with Crippen LogP contribution in [-0.2, 0) is 9.47 Å². The summed E-state index contributed by atoms with van der Waals surface area (Å²) in [6.45, 7) is 1.03. The monoisotopic (exact) mass is 347 g/mol. The summed E-state index contributed by atoms with van der Waals surface area (Å²) in [5.74, 6) is 1.48. The van der Waals surface area contributed by atoms with Crippen LogP contribution in [0.25, 0.3) is 22.4 Å². The van der Waals surface area contributed by atoms with Gasteiger partial charge in [0.05, 0.1) is 18.2 Å². The van der Waals surface area contributed by atoms with Crippen molar-refractivity contribution in [2.24, 2.45) is 0 Å². The fraction of sp³-hybridized carbons (Fsp3) is 0.312. The zero-order valence-electron chi connectivity index (χ0n) is 13.3. The van der Waals surface area contributed by atoms with E-state index in [-0.39, 0.29) is 5.56 Å². The topological polar surface area (TPSA) is 70.7 Å². The normalized spacial score (nSPS) is 16.3. The third-order valence-electron chi connectivity index (χ3n) is 3.66. The molecule has 1 aliphatic heterocycles. The molecule has 1 aliphatic rings. The summed E-state index contributed by atoms with van der Waals surface area (Å²) in [5, 5.41) is 1.76. The largest absolute Gasteiger partial charge is 0.490 e. The van der Waals surface area contributed by atoms with Crippen molar-refractivity contribution < 1.29 is 18.6 Å². The van der Waals surface area contributed by atoms with Crippen molar-refractivity contribution in [2.45, 2.75) is 10.7 Å². The lowest BCUT2D eigenvalue weighted by Crippen LogP contribution is -2.19. The van der Waals surface area contributed by atoms with Crippen molar-refractivity contribution in [3.8, 4) is 17.2 Å². The minimum Gasteiger partial charge on any atom is -0.490 e. The number of furan rings is 1. The van der Waals surface area contributed by atoms with Gasteiger partial charge in [-0.05, 0) is 30.0 Å². The predicted molar refractivity (Wildman–Crippen MR) is 90.8 cm³/mol. The average molecular weight is 347 g/mol. The first-order chi connectivity index (χ1) is 11.8. The van der Waals surface area contributed by atoms with Gasteiger partial charge in [0.25, 0.3) is 0 Å². The zero-order chi connectivity index (χ0) is 16.5. The van der Waals surface area contributed by atoms with E-state index in [0.29, 0.717) is 19.0 Å². The average Bonchev–Trinajstić information content (AvgIpc) is 3.26. The third-order valence-corrected chi connectivity index (χ3v) is 4.67. The van der Waals surface area contributed by atoms with Gasteiger partial charge < -0.3 is 18.6 Å². The molecular formula is C16H17N3O4S. The minimum atomic E-state index is -0.113. The number of benzene rings is 1. The Hall–Kier alpha value is -2.16. The Morgan fingerprint density at radius 3 is 3.04 bits per heavy atom. The highest BCUT2D eigenvalue weighted by molar-refractivity contribution is 7.99. The lowest BCUT2D eigenvalue weighted by molar-refractivity contribution is 0.147. The van der Waals surface area contributed by atoms with Crippen LogP contribution in [0.4, 0.5) is 0 Å². The molecule has 1 aromatic carbocycles. The van der Waals surface area contributed by atoms with E-state index in [2.05, 4.69) is 10.4 Å². The van der Waals surface area contributed by atoms with Crippen LogP contribution in [0.3, 0.4) is 0 Å². The van der Waals surface area contributed by atoms with E-state index in [4.69, 9.17) is 18.6 Å². The number of fused-ring (bicyclic) bond motifs is 2. The van der Waals surface area contributed by atoms with Crippen molar-refractivity contribution in [1.29, 1.82) is 0 Å². The smallest absolute Gasteiger partial charge is 0.196 e. The van der Waals surface area contributed by atoms with Crippen LogP contribution in [-0.4, -0.2) is 42.7 Å². The van der Waals surface area contributed by atoms with Gasteiger partial charge in [0.2, 0.25) is 0 Å². The summed E-state index contributed by atoms with van der Waals surface area (Å²) >= 11 is 1.51. The molecule has 0 spiro atoms. The van der Waals surface area contributed by atoms with Gasteiger partial charge in [-0.3, -0.25) is 5.43 Å². The van der Waals surface area contributed by atoms with Gasteiger partial charge in [-0.1, -0.05) is 6.07 Å². The SMILES string of the molecule is COCCOc1cccc2oc(-c3cn4c(n3)SC(OC)N4)cc12. The van der Waals surface area contributed by atoms with Crippen molar-refractivity contribution in [3.05, 3.63) is 30.5 Å². The fourth-order valence-electron chi connectivity index (χ4n) is 2.52. The number of rotatable bonds is 6. The molecule has 0 amide bonds. The van der Waals surface area contributed by atoms with Gasteiger partial charge in [-0.25, -0.2) is 9.66 Å². The lowest BCUT2D eigenvalue weighted by atomic mass is 10.2. The summed E-state index contributed by atoms with van der Waals surface area (Å²) < 4.78 is 23.8. The number of ether oxygens (including phenoxy) is 3. The van der Waals surface area contributed by atoms with Gasteiger partial charge >= 0.3 is 0 Å². The van der Waals surface area contributed by atoms with E-state index in [1.165, 1.54) is 11.8 Å². The van der Waals surface area contributed by atoms with Crippen molar-refractivity contribution in [2.75, 3.05) is 32.9 Å². The minimum absolute atomic E-state index is 0.113. The maximum Gasteiger partial charge on any atom is 0.196 e. The van der Waals surface area contributed by atoms with Crippen LogP contribution >= 0.6 is 11.8 Å². The molecule has 7 nitrogen and oxygen atoms in total. The Morgan fingerprint density at radius 1 is 1.33 bits per heavy atom. The van der Waals surface area contributed by atoms with Crippen LogP contribution in [0.1, 0.15) is 0 Å². The van der Waals surface area contributed by atoms with E-state index in [0.717, 1.165) is 27.6 Å². The maximum absolute atomic E-state index is 5.94. The van der Waals surface area contributed by atoms with Crippen LogP contribution in [0.2, 0.25) is 0 Å². The molecule has 0 radical (unpaired) electrons. The molecule has 4 rings (SSSR count). The van der Waals surface area contributed by atoms with Crippen LogP contribution < -0.4 is 10.2 Å². The zero-order valence-corrected chi connectivity index (χ0v) is 14.1. The molecular weight excluding hydrogens is 330 g/mol. The second-order valence-corrected chi connectivity index (χ2v) is 6.24. The molecule has 1 atom stereocenters. The van der Waals surface area contributed by atoms with Gasteiger partial charge in [0, 0.05) is 14.2 Å². The van der Waals surface area contributed by atoms with Crippen molar-refractivity contribution in [1.82, 2.24) is 9.66 Å². The highest BCUT2D eigenvalue weighted by Crippen LogP contribution is 2.35. The summed E-state index contributed by atoms with van der Waals surface area (Å²) in [5.41, 5.74) is 4.59. The maximum atomic E-state index is 5.94. The number of hydrogen-bond acceptors (Lipinski definition) is 7. The molecule has 0 saturated carbocycles. The molecule has 2 aromatic heterocycles. The Kier molecular flexibility index (Phi) is 4.09. The quantitative estimate of drug-likeness (QED) is 0.688. The fourth-order valence-corrected chi connectivity index (χ4v) is 3.34. The lowest BCUT2D eigenvalue weighted by Gasteiger charge is -2.06. The van der Waals surface area contributed by atoms with E-state index in [1.54, 1.807) is 14.2 Å². The van der Waals surface area contributed by atoms with Gasteiger partial charge in [0.15, 0.2) is 16.5 Å². The number of nitrogens with zero attached hydrogens (tertiary/aromatic N) is 2. The van der Waals surface area contributed by atoms with Crippen molar-refractivity contribution >= 4 is 22.7 Å².